The van der Waals surface area contributed by atoms with Crippen molar-refractivity contribution in [1.82, 2.24) is 10.2 Å². The quantitative estimate of drug-likeness (QED) is 0.323. The number of hydrogen-bond donors (Lipinski definition) is 1. The molecule has 1 N–H and O–H groups in total. The number of ether oxygens (including phenoxy) is 2. The predicted octanol–water partition coefficient (Wildman–Crippen LogP) is 4.75. The summed E-state index contributed by atoms with van der Waals surface area (Å²) in [6, 6.07) is 19.1. The van der Waals surface area contributed by atoms with Crippen LogP contribution < -0.4 is 19.1 Å². The van der Waals surface area contributed by atoms with Gasteiger partial charge in [0.1, 0.15) is 25.8 Å². The number of halogens is 1. The summed E-state index contributed by atoms with van der Waals surface area (Å²) < 4.78 is 41.1. The maximum atomic E-state index is 14.0. The standard InChI is InChI=1S/C30H34BrN3O6S/c1-4-21(2)32-30(36)22(3)33(19-23-10-12-24(31)13-11-23)29(35)20-34(41(37,38)26-8-6-5-7-9-26)25-14-15-27-28(18-25)40-17-16-39-27/h5-15,18,21-22H,4,16-17,19-20H2,1-3H3,(H,32,36)/t21-,22+/m0/s1. The van der Waals surface area contributed by atoms with Crippen LogP contribution in [0.5, 0.6) is 11.5 Å². The highest BCUT2D eigenvalue weighted by atomic mass is 79.9. The lowest BCUT2D eigenvalue weighted by Crippen LogP contribution is -2.52. The maximum absolute atomic E-state index is 14.0. The van der Waals surface area contributed by atoms with Crippen molar-refractivity contribution in [1.29, 1.82) is 0 Å². The number of anilines is 1. The van der Waals surface area contributed by atoms with Crippen molar-refractivity contribution in [3.63, 3.8) is 0 Å². The number of carbonyl (C=O) groups is 2. The van der Waals surface area contributed by atoms with Crippen molar-refractivity contribution >= 4 is 43.5 Å². The van der Waals surface area contributed by atoms with Gasteiger partial charge >= 0.3 is 0 Å². The van der Waals surface area contributed by atoms with Crippen LogP contribution in [0.3, 0.4) is 0 Å². The zero-order chi connectivity index (χ0) is 29.6. The first-order valence-electron chi connectivity index (χ1n) is 13.4. The van der Waals surface area contributed by atoms with Crippen LogP contribution in [0.15, 0.2) is 82.2 Å². The SMILES string of the molecule is CC[C@H](C)NC(=O)[C@@H](C)N(Cc1ccc(Br)cc1)C(=O)CN(c1ccc2c(c1)OCCO2)S(=O)(=O)c1ccccc1. The molecule has 0 spiro atoms. The van der Waals surface area contributed by atoms with Crippen LogP contribution in [-0.4, -0.2) is 57.0 Å². The molecule has 11 heteroatoms. The average molecular weight is 645 g/mol. The largest absolute Gasteiger partial charge is 0.486 e. The summed E-state index contributed by atoms with van der Waals surface area (Å²) in [6.45, 7) is 5.79. The third-order valence-corrected chi connectivity index (χ3v) is 9.18. The lowest BCUT2D eigenvalue weighted by atomic mass is 10.1. The molecule has 3 aromatic carbocycles. The van der Waals surface area contributed by atoms with Crippen molar-refractivity contribution in [3.05, 3.63) is 82.8 Å². The number of benzene rings is 3. The molecule has 9 nitrogen and oxygen atoms in total. The molecule has 0 saturated carbocycles. The van der Waals surface area contributed by atoms with E-state index in [4.69, 9.17) is 9.47 Å². The highest BCUT2D eigenvalue weighted by Crippen LogP contribution is 2.36. The summed E-state index contributed by atoms with van der Waals surface area (Å²) in [7, 11) is -4.17. The van der Waals surface area contributed by atoms with Crippen LogP contribution in [0, 0.1) is 0 Å². The smallest absolute Gasteiger partial charge is 0.264 e. The van der Waals surface area contributed by atoms with Crippen molar-refractivity contribution < 1.29 is 27.5 Å². The Labute approximate surface area is 249 Å². The van der Waals surface area contributed by atoms with Gasteiger partial charge in [0.05, 0.1) is 10.6 Å². The number of nitrogens with one attached hydrogen (secondary N) is 1. The molecule has 3 aromatic rings. The number of rotatable bonds is 11. The molecule has 218 valence electrons. The van der Waals surface area contributed by atoms with Gasteiger partial charge < -0.3 is 19.7 Å². The van der Waals surface area contributed by atoms with Crippen LogP contribution in [0.2, 0.25) is 0 Å². The molecule has 2 atom stereocenters. The molecule has 0 aromatic heterocycles. The van der Waals surface area contributed by atoms with Gasteiger partial charge in [0.25, 0.3) is 10.0 Å². The summed E-state index contributed by atoms with van der Waals surface area (Å²) in [5.74, 6) is 0.0359. The predicted molar refractivity (Wildman–Crippen MR) is 160 cm³/mol. The Bertz CT molecular complexity index is 1470. The van der Waals surface area contributed by atoms with Crippen LogP contribution in [-0.2, 0) is 26.2 Å². The van der Waals surface area contributed by atoms with E-state index in [1.807, 2.05) is 38.1 Å². The van der Waals surface area contributed by atoms with E-state index in [2.05, 4.69) is 21.2 Å². The molecule has 0 aliphatic carbocycles. The van der Waals surface area contributed by atoms with E-state index in [1.165, 1.54) is 17.0 Å². The second-order valence-electron chi connectivity index (χ2n) is 9.79. The number of amides is 2. The van der Waals surface area contributed by atoms with Gasteiger partial charge in [-0.1, -0.05) is 53.2 Å². The van der Waals surface area contributed by atoms with E-state index < -0.39 is 28.5 Å². The first kappa shape index (κ1) is 30.4. The normalized spacial score (nSPS) is 14.0. The molecule has 41 heavy (non-hydrogen) atoms. The lowest BCUT2D eigenvalue weighted by molar-refractivity contribution is -0.139. The Balaban J connectivity index is 1.72. The number of carbonyl (C=O) groups excluding carboxylic acids is 2. The summed E-state index contributed by atoms with van der Waals surface area (Å²) in [6.07, 6.45) is 0.729. The lowest BCUT2D eigenvalue weighted by Gasteiger charge is -2.32. The maximum Gasteiger partial charge on any atom is 0.264 e. The first-order chi connectivity index (χ1) is 19.6. The number of sulfonamides is 1. The van der Waals surface area contributed by atoms with Gasteiger partial charge in [0.15, 0.2) is 11.5 Å². The van der Waals surface area contributed by atoms with Crippen LogP contribution in [0.1, 0.15) is 32.8 Å². The Hall–Kier alpha value is -3.57. The molecule has 4 rings (SSSR count). The zero-order valence-corrected chi connectivity index (χ0v) is 25.7. The van der Waals surface area contributed by atoms with Gasteiger partial charge in [-0.3, -0.25) is 13.9 Å². The van der Waals surface area contributed by atoms with Gasteiger partial charge in [-0.25, -0.2) is 8.42 Å². The van der Waals surface area contributed by atoms with Crippen LogP contribution in [0.25, 0.3) is 0 Å². The topological polar surface area (TPSA) is 105 Å². The van der Waals surface area contributed by atoms with Crippen molar-refractivity contribution in [3.8, 4) is 11.5 Å². The molecular formula is C30H34BrN3O6S. The highest BCUT2D eigenvalue weighted by molar-refractivity contribution is 9.10. The van der Waals surface area contributed by atoms with Crippen LogP contribution in [0.4, 0.5) is 5.69 Å². The molecule has 0 bridgehead atoms. The molecule has 1 heterocycles. The third-order valence-electron chi connectivity index (χ3n) is 6.86. The fraction of sp³-hybridized carbons (Fsp3) is 0.333. The minimum Gasteiger partial charge on any atom is -0.486 e. The minimum absolute atomic E-state index is 0.0321. The van der Waals surface area contributed by atoms with E-state index in [0.717, 1.165) is 20.8 Å². The van der Waals surface area contributed by atoms with Gasteiger partial charge in [0.2, 0.25) is 11.8 Å². The molecule has 0 radical (unpaired) electrons. The Kier molecular flexibility index (Phi) is 9.93. The Morgan fingerprint density at radius 2 is 1.61 bits per heavy atom. The minimum atomic E-state index is -4.17. The van der Waals surface area contributed by atoms with Gasteiger partial charge in [0, 0.05) is 23.1 Å². The molecule has 0 fully saturated rings. The van der Waals surface area contributed by atoms with Crippen molar-refractivity contribution in [2.24, 2.45) is 0 Å². The zero-order valence-electron chi connectivity index (χ0n) is 23.2. The number of nitrogens with zero attached hydrogens (tertiary/aromatic N) is 2. The fourth-order valence-corrected chi connectivity index (χ4v) is 5.96. The van der Waals surface area contributed by atoms with Gasteiger partial charge in [-0.05, 0) is 62.2 Å². The van der Waals surface area contributed by atoms with Gasteiger partial charge in [-0.15, -0.1) is 0 Å². The third kappa shape index (κ3) is 7.39. The summed E-state index contributed by atoms with van der Waals surface area (Å²) in [4.78, 5) is 28.6. The van der Waals surface area contributed by atoms with Crippen molar-refractivity contribution in [2.75, 3.05) is 24.1 Å². The number of hydrogen-bond acceptors (Lipinski definition) is 6. The first-order valence-corrected chi connectivity index (χ1v) is 15.6. The highest BCUT2D eigenvalue weighted by Gasteiger charge is 2.33. The molecule has 0 saturated heterocycles. The summed E-state index contributed by atoms with van der Waals surface area (Å²) in [5, 5.41) is 2.93. The van der Waals surface area contributed by atoms with Crippen molar-refractivity contribution in [2.45, 2.75) is 50.7 Å². The van der Waals surface area contributed by atoms with E-state index in [0.29, 0.717) is 24.7 Å². The Morgan fingerprint density at radius 3 is 2.27 bits per heavy atom. The van der Waals surface area contributed by atoms with E-state index in [-0.39, 0.29) is 29.1 Å². The molecule has 1 aliphatic rings. The Morgan fingerprint density at radius 1 is 0.951 bits per heavy atom. The molecule has 1 aliphatic heterocycles. The van der Waals surface area contributed by atoms with E-state index in [9.17, 15) is 18.0 Å². The van der Waals surface area contributed by atoms with Crippen LogP contribution >= 0.6 is 15.9 Å². The fourth-order valence-electron chi connectivity index (χ4n) is 4.27. The van der Waals surface area contributed by atoms with Gasteiger partial charge in [-0.2, -0.15) is 0 Å². The second kappa shape index (κ2) is 13.4. The second-order valence-corrected chi connectivity index (χ2v) is 12.6. The average Bonchev–Trinajstić information content (AvgIpc) is 2.99. The molecular weight excluding hydrogens is 610 g/mol. The summed E-state index contributed by atoms with van der Waals surface area (Å²) in [5.41, 5.74) is 1.04. The molecule has 0 unspecified atom stereocenters. The number of fused-ring (bicyclic) bond motifs is 1. The molecule has 2 amide bonds. The summed E-state index contributed by atoms with van der Waals surface area (Å²) >= 11 is 3.42. The van der Waals surface area contributed by atoms with E-state index in [1.54, 1.807) is 43.3 Å². The monoisotopic (exact) mass is 643 g/mol. The van der Waals surface area contributed by atoms with E-state index >= 15 is 0 Å².